The lowest BCUT2D eigenvalue weighted by Gasteiger charge is -2.35. The van der Waals surface area contributed by atoms with Crippen LogP contribution < -0.4 is 10.1 Å². The second-order valence-electron chi connectivity index (χ2n) is 6.15. The molecule has 2 nitrogen and oxygen atoms in total. The lowest BCUT2D eigenvalue weighted by molar-refractivity contribution is 0.197. The molecule has 0 radical (unpaired) electrons. The minimum atomic E-state index is 0.497. The van der Waals surface area contributed by atoms with Crippen LogP contribution in [-0.2, 0) is 6.54 Å². The van der Waals surface area contributed by atoms with E-state index in [-0.39, 0.29) is 0 Å². The van der Waals surface area contributed by atoms with Crippen molar-refractivity contribution in [3.63, 3.8) is 0 Å². The van der Waals surface area contributed by atoms with Crippen LogP contribution in [0.1, 0.15) is 45.1 Å². The summed E-state index contributed by atoms with van der Waals surface area (Å²) < 4.78 is 5.39. The van der Waals surface area contributed by atoms with E-state index >= 15 is 0 Å². The number of hydrogen-bond donors (Lipinski definition) is 1. The van der Waals surface area contributed by atoms with E-state index in [9.17, 15) is 0 Å². The second-order valence-corrected chi connectivity index (χ2v) is 6.15. The van der Waals surface area contributed by atoms with Gasteiger partial charge in [-0.25, -0.2) is 0 Å². The van der Waals surface area contributed by atoms with Gasteiger partial charge in [0.2, 0.25) is 0 Å². The van der Waals surface area contributed by atoms with Gasteiger partial charge in [-0.05, 0) is 30.7 Å². The molecule has 0 bridgehead atoms. The summed E-state index contributed by atoms with van der Waals surface area (Å²) in [5, 5.41) is 3.69. The number of methoxy groups -OCH3 is 1. The van der Waals surface area contributed by atoms with Crippen LogP contribution >= 0.6 is 0 Å². The lowest BCUT2D eigenvalue weighted by atomic mass is 9.75. The smallest absolute Gasteiger partial charge is 0.123 e. The van der Waals surface area contributed by atoms with Crippen molar-refractivity contribution in [2.75, 3.05) is 7.11 Å². The number of nitrogens with one attached hydrogen (secondary N) is 1. The van der Waals surface area contributed by atoms with Gasteiger partial charge in [0.25, 0.3) is 0 Å². The first-order valence-electron chi connectivity index (χ1n) is 6.96. The first kappa shape index (κ1) is 13.4. The molecule has 18 heavy (non-hydrogen) atoms. The second kappa shape index (κ2) is 5.75. The van der Waals surface area contributed by atoms with Gasteiger partial charge in [0.15, 0.2) is 0 Å². The van der Waals surface area contributed by atoms with Gasteiger partial charge in [0.1, 0.15) is 5.75 Å². The van der Waals surface area contributed by atoms with Gasteiger partial charge in [0.05, 0.1) is 7.11 Å². The highest BCUT2D eigenvalue weighted by Gasteiger charge is 2.27. The third kappa shape index (κ3) is 3.49. The highest BCUT2D eigenvalue weighted by Crippen LogP contribution is 2.35. The van der Waals surface area contributed by atoms with Crippen molar-refractivity contribution in [3.8, 4) is 5.75 Å². The summed E-state index contributed by atoms with van der Waals surface area (Å²) in [6, 6.07) is 8.91. The van der Waals surface area contributed by atoms with Gasteiger partial charge in [-0.1, -0.05) is 38.5 Å². The fourth-order valence-corrected chi connectivity index (χ4v) is 2.98. The monoisotopic (exact) mass is 247 g/mol. The van der Waals surface area contributed by atoms with Gasteiger partial charge in [-0.3, -0.25) is 0 Å². The Morgan fingerprint density at radius 3 is 2.83 bits per heavy atom. The van der Waals surface area contributed by atoms with Crippen LogP contribution in [0.5, 0.6) is 5.75 Å². The average Bonchev–Trinajstić information content (AvgIpc) is 2.35. The maximum absolute atomic E-state index is 5.39. The lowest BCUT2D eigenvalue weighted by Crippen LogP contribution is -2.36. The Balaban J connectivity index is 1.91. The average molecular weight is 247 g/mol. The molecule has 1 N–H and O–H groups in total. The van der Waals surface area contributed by atoms with E-state index in [1.165, 1.54) is 31.2 Å². The topological polar surface area (TPSA) is 21.3 Å². The molecule has 0 aromatic heterocycles. The van der Waals surface area contributed by atoms with Crippen molar-refractivity contribution in [3.05, 3.63) is 29.8 Å². The van der Waals surface area contributed by atoms with E-state index in [4.69, 9.17) is 4.74 Å². The van der Waals surface area contributed by atoms with Gasteiger partial charge in [0, 0.05) is 18.2 Å². The van der Waals surface area contributed by atoms with Crippen molar-refractivity contribution < 1.29 is 4.74 Å². The van der Waals surface area contributed by atoms with Gasteiger partial charge in [-0.15, -0.1) is 0 Å². The molecule has 0 amide bonds. The molecule has 100 valence electrons. The zero-order valence-electron chi connectivity index (χ0n) is 11.8. The fraction of sp³-hybridized carbons (Fsp3) is 0.625. The standard InChI is InChI=1S/C16H25NO/c1-16(2)10-6-8-14(11-16)17-12-13-7-4-5-9-15(13)18-3/h4-5,7,9,14,17H,6,8,10-12H2,1-3H3. The van der Waals surface area contributed by atoms with E-state index in [0.717, 1.165) is 12.3 Å². The van der Waals surface area contributed by atoms with E-state index < -0.39 is 0 Å². The van der Waals surface area contributed by atoms with Crippen molar-refractivity contribution in [1.82, 2.24) is 5.32 Å². The largest absolute Gasteiger partial charge is 0.496 e. The summed E-state index contributed by atoms with van der Waals surface area (Å²) in [6.45, 7) is 5.67. The molecule has 0 saturated heterocycles. The predicted octanol–water partition coefficient (Wildman–Crippen LogP) is 3.75. The van der Waals surface area contributed by atoms with Gasteiger partial charge >= 0.3 is 0 Å². The van der Waals surface area contributed by atoms with Crippen LogP contribution in [0.25, 0.3) is 0 Å². The van der Waals surface area contributed by atoms with E-state index in [0.29, 0.717) is 11.5 Å². The fourth-order valence-electron chi connectivity index (χ4n) is 2.98. The van der Waals surface area contributed by atoms with E-state index in [1.807, 2.05) is 12.1 Å². The van der Waals surface area contributed by atoms with Crippen molar-refractivity contribution in [1.29, 1.82) is 0 Å². The molecular weight excluding hydrogens is 222 g/mol. The minimum absolute atomic E-state index is 0.497. The minimum Gasteiger partial charge on any atom is -0.496 e. The molecule has 1 aromatic carbocycles. The Labute approximate surface area is 111 Å². The molecule has 1 fully saturated rings. The summed E-state index contributed by atoms with van der Waals surface area (Å²) in [6.07, 6.45) is 5.29. The van der Waals surface area contributed by atoms with E-state index in [1.54, 1.807) is 7.11 Å². The normalized spacial score (nSPS) is 22.7. The highest BCUT2D eigenvalue weighted by molar-refractivity contribution is 5.33. The summed E-state index contributed by atoms with van der Waals surface area (Å²) in [7, 11) is 1.74. The Morgan fingerprint density at radius 2 is 2.11 bits per heavy atom. The molecule has 1 aliphatic rings. The van der Waals surface area contributed by atoms with Crippen LogP contribution in [0.2, 0.25) is 0 Å². The third-order valence-corrected chi connectivity index (χ3v) is 3.98. The third-order valence-electron chi connectivity index (χ3n) is 3.98. The molecule has 2 heteroatoms. The number of rotatable bonds is 4. The molecule has 1 unspecified atom stereocenters. The van der Waals surface area contributed by atoms with Gasteiger partial charge in [-0.2, -0.15) is 0 Å². The first-order chi connectivity index (χ1) is 8.61. The van der Waals surface area contributed by atoms with Crippen molar-refractivity contribution in [2.24, 2.45) is 5.41 Å². The Morgan fingerprint density at radius 1 is 1.33 bits per heavy atom. The summed E-state index contributed by atoms with van der Waals surface area (Å²) in [4.78, 5) is 0. The molecule has 1 aromatic rings. The number of benzene rings is 1. The van der Waals surface area contributed by atoms with Crippen LogP contribution in [-0.4, -0.2) is 13.2 Å². The molecular formula is C16H25NO. The zero-order valence-corrected chi connectivity index (χ0v) is 11.8. The van der Waals surface area contributed by atoms with Crippen LogP contribution in [0.15, 0.2) is 24.3 Å². The Kier molecular flexibility index (Phi) is 4.28. The SMILES string of the molecule is COc1ccccc1CNC1CCCC(C)(C)C1. The molecule has 0 spiro atoms. The van der Waals surface area contributed by atoms with Crippen LogP contribution in [0.4, 0.5) is 0 Å². The highest BCUT2D eigenvalue weighted by atomic mass is 16.5. The van der Waals surface area contributed by atoms with Crippen molar-refractivity contribution >= 4 is 0 Å². The molecule has 1 saturated carbocycles. The molecule has 1 atom stereocenters. The number of para-hydroxylation sites is 1. The molecule has 0 aliphatic heterocycles. The predicted molar refractivity (Wildman–Crippen MR) is 75.9 cm³/mol. The maximum atomic E-state index is 5.39. The Bertz CT molecular complexity index is 386. The van der Waals surface area contributed by atoms with Gasteiger partial charge < -0.3 is 10.1 Å². The molecule has 0 heterocycles. The summed E-state index contributed by atoms with van der Waals surface area (Å²) >= 11 is 0. The Hall–Kier alpha value is -1.02. The quantitative estimate of drug-likeness (QED) is 0.875. The number of ether oxygens (including phenoxy) is 1. The first-order valence-corrected chi connectivity index (χ1v) is 6.96. The van der Waals surface area contributed by atoms with E-state index in [2.05, 4.69) is 31.3 Å². The van der Waals surface area contributed by atoms with Crippen molar-refractivity contribution in [2.45, 2.75) is 52.1 Å². The molecule has 1 aliphatic carbocycles. The maximum Gasteiger partial charge on any atom is 0.123 e. The summed E-state index contributed by atoms with van der Waals surface area (Å²) in [5.41, 5.74) is 1.75. The summed E-state index contributed by atoms with van der Waals surface area (Å²) in [5.74, 6) is 0.986. The number of hydrogen-bond acceptors (Lipinski definition) is 2. The zero-order chi connectivity index (χ0) is 13.0. The van der Waals surface area contributed by atoms with Crippen LogP contribution in [0.3, 0.4) is 0 Å². The molecule has 2 rings (SSSR count). The van der Waals surface area contributed by atoms with Crippen LogP contribution in [0, 0.1) is 5.41 Å².